The second kappa shape index (κ2) is 5.31. The molecule has 9 heteroatoms. The zero-order chi connectivity index (χ0) is 14.9. The van der Waals surface area contributed by atoms with E-state index in [-0.39, 0.29) is 22.3 Å². The molecule has 1 aromatic heterocycles. The molecule has 0 bridgehead atoms. The normalized spacial score (nSPS) is 11.7. The van der Waals surface area contributed by atoms with E-state index in [4.69, 9.17) is 0 Å². The Balaban J connectivity index is 2.27. The maximum atomic E-state index is 12.7. The summed E-state index contributed by atoms with van der Waals surface area (Å²) in [5.74, 6) is -0.343. The van der Waals surface area contributed by atoms with Crippen LogP contribution in [0.2, 0.25) is 0 Å². The molecule has 0 aliphatic rings. The van der Waals surface area contributed by atoms with Gasteiger partial charge in [0, 0.05) is 10.0 Å². The molecule has 0 spiro atoms. The number of Topliss-reactive ketones (excluding diaryl/α,β-unsaturated/α-hetero) is 1. The van der Waals surface area contributed by atoms with E-state index >= 15 is 0 Å². The SMILES string of the molecule is Cn1nnc(CC(=O)c2ccc(Br)c(C(F)(F)F)c2)n1. The van der Waals surface area contributed by atoms with Gasteiger partial charge >= 0.3 is 6.18 Å². The molecule has 2 aromatic rings. The van der Waals surface area contributed by atoms with Crippen LogP contribution in [0.15, 0.2) is 22.7 Å². The number of carbonyl (C=O) groups excluding carboxylic acids is 1. The summed E-state index contributed by atoms with van der Waals surface area (Å²) in [7, 11) is 1.53. The number of tetrazole rings is 1. The van der Waals surface area contributed by atoms with Crippen LogP contribution in [0.5, 0.6) is 0 Å². The van der Waals surface area contributed by atoms with E-state index in [2.05, 4.69) is 31.3 Å². The van der Waals surface area contributed by atoms with Crippen LogP contribution >= 0.6 is 15.9 Å². The molecule has 0 fully saturated rings. The molecule has 0 radical (unpaired) electrons. The highest BCUT2D eigenvalue weighted by molar-refractivity contribution is 9.10. The van der Waals surface area contributed by atoms with Gasteiger partial charge < -0.3 is 0 Å². The summed E-state index contributed by atoms with van der Waals surface area (Å²) in [6, 6.07) is 3.32. The fourth-order valence-electron chi connectivity index (χ4n) is 1.56. The number of halogens is 4. The van der Waals surface area contributed by atoms with E-state index in [9.17, 15) is 18.0 Å². The lowest BCUT2D eigenvalue weighted by Crippen LogP contribution is -2.10. The highest BCUT2D eigenvalue weighted by atomic mass is 79.9. The first-order valence-electron chi connectivity index (χ1n) is 5.40. The van der Waals surface area contributed by atoms with Crippen molar-refractivity contribution in [1.29, 1.82) is 0 Å². The van der Waals surface area contributed by atoms with E-state index in [1.807, 2.05) is 0 Å². The summed E-state index contributed by atoms with van der Waals surface area (Å²) in [6.45, 7) is 0. The highest BCUT2D eigenvalue weighted by Crippen LogP contribution is 2.35. The molecular weight excluding hydrogens is 341 g/mol. The molecule has 1 aromatic carbocycles. The average molecular weight is 349 g/mol. The maximum Gasteiger partial charge on any atom is 0.417 e. The number of aryl methyl sites for hydroxylation is 1. The number of rotatable bonds is 3. The quantitative estimate of drug-likeness (QED) is 0.799. The minimum atomic E-state index is -4.53. The summed E-state index contributed by atoms with van der Waals surface area (Å²) >= 11 is 2.82. The summed E-state index contributed by atoms with van der Waals surface area (Å²) in [5, 5.41) is 11.0. The van der Waals surface area contributed by atoms with Gasteiger partial charge in [0.1, 0.15) is 0 Å². The molecular formula is C11H8BrF3N4O. The average Bonchev–Trinajstić information content (AvgIpc) is 2.73. The van der Waals surface area contributed by atoms with Gasteiger partial charge in [0.25, 0.3) is 0 Å². The fraction of sp³-hybridized carbons (Fsp3) is 0.273. The fourth-order valence-corrected chi connectivity index (χ4v) is 2.03. The predicted molar refractivity (Wildman–Crippen MR) is 66.0 cm³/mol. The largest absolute Gasteiger partial charge is 0.417 e. The molecule has 0 saturated carbocycles. The topological polar surface area (TPSA) is 60.7 Å². The second-order valence-electron chi connectivity index (χ2n) is 3.99. The van der Waals surface area contributed by atoms with Crippen molar-refractivity contribution in [3.05, 3.63) is 39.6 Å². The first-order valence-corrected chi connectivity index (χ1v) is 6.19. The summed E-state index contributed by atoms with van der Waals surface area (Å²) in [4.78, 5) is 13.1. The summed E-state index contributed by atoms with van der Waals surface area (Å²) in [6.07, 6.45) is -4.73. The molecule has 0 aliphatic heterocycles. The molecule has 0 atom stereocenters. The maximum absolute atomic E-state index is 12.7. The minimum Gasteiger partial charge on any atom is -0.294 e. The van der Waals surface area contributed by atoms with Crippen LogP contribution in [0.1, 0.15) is 21.7 Å². The minimum absolute atomic E-state index is 0.0482. The lowest BCUT2D eigenvalue weighted by molar-refractivity contribution is -0.138. The van der Waals surface area contributed by atoms with Crippen LogP contribution in [-0.4, -0.2) is 26.0 Å². The smallest absolute Gasteiger partial charge is 0.294 e. The van der Waals surface area contributed by atoms with Gasteiger partial charge in [-0.05, 0) is 17.3 Å². The van der Waals surface area contributed by atoms with Gasteiger partial charge in [-0.1, -0.05) is 22.0 Å². The number of nitrogens with zero attached hydrogens (tertiary/aromatic N) is 4. The molecule has 0 unspecified atom stereocenters. The zero-order valence-electron chi connectivity index (χ0n) is 10.1. The number of hydrogen-bond donors (Lipinski definition) is 0. The van der Waals surface area contributed by atoms with E-state index in [1.165, 1.54) is 24.0 Å². The van der Waals surface area contributed by atoms with Gasteiger partial charge in [0.2, 0.25) is 0 Å². The van der Waals surface area contributed by atoms with Crippen molar-refractivity contribution in [2.24, 2.45) is 7.05 Å². The third kappa shape index (κ3) is 3.21. The van der Waals surface area contributed by atoms with Gasteiger partial charge in [-0.25, -0.2) is 0 Å². The highest BCUT2D eigenvalue weighted by Gasteiger charge is 2.33. The molecule has 2 rings (SSSR count). The summed E-state index contributed by atoms with van der Waals surface area (Å²) in [5.41, 5.74) is -0.941. The van der Waals surface area contributed by atoms with Crippen LogP contribution in [0.25, 0.3) is 0 Å². The number of benzene rings is 1. The van der Waals surface area contributed by atoms with E-state index in [0.717, 1.165) is 6.07 Å². The number of carbonyl (C=O) groups is 1. The zero-order valence-corrected chi connectivity index (χ0v) is 11.7. The van der Waals surface area contributed by atoms with Crippen LogP contribution in [0.4, 0.5) is 13.2 Å². The van der Waals surface area contributed by atoms with Crippen molar-refractivity contribution in [3.63, 3.8) is 0 Å². The molecule has 1 heterocycles. The lowest BCUT2D eigenvalue weighted by atomic mass is 10.0. The van der Waals surface area contributed by atoms with Crippen molar-refractivity contribution in [2.75, 3.05) is 0 Å². The van der Waals surface area contributed by atoms with Crippen LogP contribution in [-0.2, 0) is 19.6 Å². The van der Waals surface area contributed by atoms with Gasteiger partial charge in [0.05, 0.1) is 19.0 Å². The lowest BCUT2D eigenvalue weighted by Gasteiger charge is -2.10. The van der Waals surface area contributed by atoms with Gasteiger partial charge in [-0.3, -0.25) is 4.79 Å². The third-order valence-corrected chi connectivity index (χ3v) is 3.15. The molecule has 0 amide bonds. The number of hydrogen-bond acceptors (Lipinski definition) is 4. The molecule has 20 heavy (non-hydrogen) atoms. The second-order valence-corrected chi connectivity index (χ2v) is 4.84. The number of ketones is 1. The van der Waals surface area contributed by atoms with Crippen LogP contribution in [0.3, 0.4) is 0 Å². The molecule has 0 aliphatic carbocycles. The van der Waals surface area contributed by atoms with Crippen molar-refractivity contribution in [3.8, 4) is 0 Å². The van der Waals surface area contributed by atoms with Crippen LogP contribution in [0, 0.1) is 0 Å². The Morgan fingerprint density at radius 2 is 2.10 bits per heavy atom. The van der Waals surface area contributed by atoms with Crippen molar-refractivity contribution in [1.82, 2.24) is 20.2 Å². The van der Waals surface area contributed by atoms with Crippen molar-refractivity contribution in [2.45, 2.75) is 12.6 Å². The third-order valence-electron chi connectivity index (χ3n) is 2.46. The standard InChI is InChI=1S/C11H8BrF3N4O/c1-19-17-10(16-18-19)5-9(20)6-2-3-8(12)7(4-6)11(13,14)15/h2-4H,5H2,1H3. The number of alkyl halides is 3. The van der Waals surface area contributed by atoms with E-state index in [1.54, 1.807) is 0 Å². The van der Waals surface area contributed by atoms with Crippen molar-refractivity contribution >= 4 is 21.7 Å². The Morgan fingerprint density at radius 1 is 1.40 bits per heavy atom. The Morgan fingerprint density at radius 3 is 2.65 bits per heavy atom. The van der Waals surface area contributed by atoms with Crippen LogP contribution < -0.4 is 0 Å². The molecule has 0 N–H and O–H groups in total. The summed E-state index contributed by atoms with van der Waals surface area (Å²) < 4.78 is 38.1. The predicted octanol–water partition coefficient (Wildman–Crippen LogP) is 2.42. The Kier molecular flexibility index (Phi) is 3.89. The molecule has 5 nitrogen and oxygen atoms in total. The van der Waals surface area contributed by atoms with Gasteiger partial charge in [-0.2, -0.15) is 18.0 Å². The van der Waals surface area contributed by atoms with Gasteiger partial charge in [0.15, 0.2) is 11.6 Å². The van der Waals surface area contributed by atoms with E-state index in [0.29, 0.717) is 0 Å². The first kappa shape index (κ1) is 14.6. The Hall–Kier alpha value is -1.77. The first-order chi connectivity index (χ1) is 9.27. The Bertz CT molecular complexity index is 653. The van der Waals surface area contributed by atoms with E-state index < -0.39 is 17.5 Å². The van der Waals surface area contributed by atoms with Crippen molar-refractivity contribution < 1.29 is 18.0 Å². The Labute approximate surface area is 119 Å². The number of aromatic nitrogens is 4. The van der Waals surface area contributed by atoms with Gasteiger partial charge in [-0.15, -0.1) is 10.2 Å². The monoisotopic (exact) mass is 348 g/mol. The molecule has 0 saturated heterocycles. The molecule has 106 valence electrons.